The molecule has 2 aromatic rings. The molecule has 32 heavy (non-hydrogen) atoms. The molecule has 2 atom stereocenters. The van der Waals surface area contributed by atoms with Crippen LogP contribution >= 0.6 is 0 Å². The second kappa shape index (κ2) is 9.88. The van der Waals surface area contributed by atoms with Crippen LogP contribution in [0.1, 0.15) is 62.3 Å². The van der Waals surface area contributed by atoms with Crippen molar-refractivity contribution >= 4 is 17.5 Å². The molecular weight excluding hydrogens is 398 g/mol. The summed E-state index contributed by atoms with van der Waals surface area (Å²) in [7, 11) is 0. The first-order valence-corrected chi connectivity index (χ1v) is 12.1. The fourth-order valence-corrected chi connectivity index (χ4v) is 5.01. The van der Waals surface area contributed by atoms with Crippen LogP contribution in [0.3, 0.4) is 0 Å². The molecule has 2 fully saturated rings. The lowest BCUT2D eigenvalue weighted by atomic mass is 9.95. The molecule has 0 bridgehead atoms. The Bertz CT molecular complexity index is 920. The molecule has 2 unspecified atom stereocenters. The maximum absolute atomic E-state index is 13.0. The molecule has 1 aromatic carbocycles. The summed E-state index contributed by atoms with van der Waals surface area (Å²) in [6, 6.07) is 10.6. The zero-order valence-corrected chi connectivity index (χ0v) is 20.0. The van der Waals surface area contributed by atoms with Crippen molar-refractivity contribution in [2.75, 3.05) is 36.0 Å². The van der Waals surface area contributed by atoms with Gasteiger partial charge >= 0.3 is 0 Å². The molecule has 0 radical (unpaired) electrons. The highest BCUT2D eigenvalue weighted by molar-refractivity contribution is 5.80. The average Bonchev–Trinajstić information content (AvgIpc) is 2.79. The third-order valence-corrected chi connectivity index (χ3v) is 7.11. The summed E-state index contributed by atoms with van der Waals surface area (Å²) in [5, 5.41) is 12.3. The molecule has 6 nitrogen and oxygen atoms in total. The van der Waals surface area contributed by atoms with E-state index in [2.05, 4.69) is 83.3 Å². The second-order valence-electron chi connectivity index (χ2n) is 9.79. The van der Waals surface area contributed by atoms with Gasteiger partial charge < -0.3 is 15.1 Å². The van der Waals surface area contributed by atoms with Gasteiger partial charge in [-0.2, -0.15) is 0 Å². The summed E-state index contributed by atoms with van der Waals surface area (Å²) in [4.78, 5) is 17.6. The van der Waals surface area contributed by atoms with Gasteiger partial charge in [-0.25, -0.2) is 0 Å². The lowest BCUT2D eigenvalue weighted by molar-refractivity contribution is -0.125. The number of rotatable bonds is 5. The number of piperidine rings is 2. The molecule has 172 valence electrons. The predicted octanol–water partition coefficient (Wildman–Crippen LogP) is 4.42. The number of benzene rings is 1. The van der Waals surface area contributed by atoms with Crippen LogP contribution < -0.4 is 15.1 Å². The zero-order valence-electron chi connectivity index (χ0n) is 20.0. The fourth-order valence-electron chi connectivity index (χ4n) is 5.01. The van der Waals surface area contributed by atoms with E-state index in [4.69, 9.17) is 0 Å². The van der Waals surface area contributed by atoms with Crippen molar-refractivity contribution in [2.45, 2.75) is 59.4 Å². The van der Waals surface area contributed by atoms with Crippen LogP contribution in [0, 0.1) is 25.7 Å². The molecule has 1 aromatic heterocycles. The molecule has 2 aliphatic heterocycles. The van der Waals surface area contributed by atoms with Crippen LogP contribution in [0.2, 0.25) is 0 Å². The van der Waals surface area contributed by atoms with Crippen molar-refractivity contribution in [3.8, 4) is 0 Å². The quantitative estimate of drug-likeness (QED) is 0.753. The minimum atomic E-state index is -0.0259. The summed E-state index contributed by atoms with van der Waals surface area (Å²) in [6.07, 6.45) is 4.34. The Kier molecular flexibility index (Phi) is 6.97. The maximum atomic E-state index is 13.0. The highest BCUT2D eigenvalue weighted by Gasteiger charge is 2.28. The number of hydrogen-bond donors (Lipinski definition) is 1. The molecular formula is C26H37N5O. The van der Waals surface area contributed by atoms with E-state index in [9.17, 15) is 4.79 Å². The Hall–Kier alpha value is -2.63. The van der Waals surface area contributed by atoms with E-state index in [1.807, 2.05) is 0 Å². The Morgan fingerprint density at radius 3 is 2.34 bits per heavy atom. The van der Waals surface area contributed by atoms with Crippen LogP contribution in [0.5, 0.6) is 0 Å². The minimum absolute atomic E-state index is 0.00446. The predicted molar refractivity (Wildman–Crippen MR) is 130 cm³/mol. The molecule has 1 amide bonds. The molecule has 1 N–H and O–H groups in total. The van der Waals surface area contributed by atoms with Crippen LogP contribution in [0.15, 0.2) is 30.3 Å². The number of nitrogens with zero attached hydrogens (tertiary/aromatic N) is 4. The molecule has 4 rings (SSSR count). The van der Waals surface area contributed by atoms with Gasteiger partial charge in [-0.05, 0) is 75.6 Å². The van der Waals surface area contributed by atoms with Gasteiger partial charge in [0.2, 0.25) is 5.91 Å². The summed E-state index contributed by atoms with van der Waals surface area (Å²) in [5.41, 5.74) is 3.65. The van der Waals surface area contributed by atoms with E-state index >= 15 is 0 Å². The SMILES string of the molecule is Cc1ccc(C(C)NC(=O)C2CCCN(c3ccc(N4CCC(C)CC4)nn3)C2)c(C)c1. The van der Waals surface area contributed by atoms with E-state index in [0.717, 1.165) is 50.0 Å². The summed E-state index contributed by atoms with van der Waals surface area (Å²) in [5.74, 6) is 2.75. The molecule has 2 saturated heterocycles. The van der Waals surface area contributed by atoms with E-state index in [-0.39, 0.29) is 17.9 Å². The number of hydrogen-bond acceptors (Lipinski definition) is 5. The summed E-state index contributed by atoms with van der Waals surface area (Å²) in [6.45, 7) is 12.3. The Morgan fingerprint density at radius 1 is 1.00 bits per heavy atom. The van der Waals surface area contributed by atoms with Crippen LogP contribution in [0.25, 0.3) is 0 Å². The monoisotopic (exact) mass is 435 g/mol. The number of carbonyl (C=O) groups excluding carboxylic acids is 1. The highest BCUT2D eigenvalue weighted by atomic mass is 16.2. The molecule has 0 spiro atoms. The number of amides is 1. The van der Waals surface area contributed by atoms with Gasteiger partial charge in [0.1, 0.15) is 0 Å². The number of aryl methyl sites for hydroxylation is 2. The van der Waals surface area contributed by atoms with Crippen LogP contribution in [-0.2, 0) is 4.79 Å². The Labute approximate surface area is 192 Å². The number of aromatic nitrogens is 2. The lowest BCUT2D eigenvalue weighted by Crippen LogP contribution is -2.44. The Balaban J connectivity index is 1.36. The topological polar surface area (TPSA) is 61.4 Å². The third-order valence-electron chi connectivity index (χ3n) is 7.11. The van der Waals surface area contributed by atoms with Crippen molar-refractivity contribution in [3.05, 3.63) is 47.0 Å². The van der Waals surface area contributed by atoms with Gasteiger partial charge in [0, 0.05) is 26.2 Å². The van der Waals surface area contributed by atoms with E-state index in [1.54, 1.807) is 0 Å². The van der Waals surface area contributed by atoms with Gasteiger partial charge in [-0.3, -0.25) is 4.79 Å². The number of carbonyl (C=O) groups is 1. The van der Waals surface area contributed by atoms with Crippen molar-refractivity contribution in [3.63, 3.8) is 0 Å². The molecule has 6 heteroatoms. The van der Waals surface area contributed by atoms with Gasteiger partial charge in [-0.15, -0.1) is 10.2 Å². The van der Waals surface area contributed by atoms with E-state index in [1.165, 1.54) is 29.5 Å². The zero-order chi connectivity index (χ0) is 22.7. The minimum Gasteiger partial charge on any atom is -0.355 e. The first kappa shape index (κ1) is 22.6. The first-order chi connectivity index (χ1) is 15.4. The van der Waals surface area contributed by atoms with Gasteiger partial charge in [0.25, 0.3) is 0 Å². The fraction of sp³-hybridized carbons (Fsp3) is 0.577. The number of anilines is 2. The smallest absolute Gasteiger partial charge is 0.225 e. The molecule has 0 aliphatic carbocycles. The largest absolute Gasteiger partial charge is 0.355 e. The Morgan fingerprint density at radius 2 is 1.69 bits per heavy atom. The maximum Gasteiger partial charge on any atom is 0.225 e. The van der Waals surface area contributed by atoms with Crippen molar-refractivity contribution in [1.29, 1.82) is 0 Å². The normalized spacial score (nSPS) is 20.8. The highest BCUT2D eigenvalue weighted by Crippen LogP contribution is 2.26. The van der Waals surface area contributed by atoms with Crippen molar-refractivity contribution in [1.82, 2.24) is 15.5 Å². The van der Waals surface area contributed by atoms with E-state index in [0.29, 0.717) is 6.54 Å². The van der Waals surface area contributed by atoms with Crippen molar-refractivity contribution in [2.24, 2.45) is 11.8 Å². The molecule has 2 aliphatic rings. The van der Waals surface area contributed by atoms with E-state index < -0.39 is 0 Å². The van der Waals surface area contributed by atoms with Crippen LogP contribution in [-0.4, -0.2) is 42.3 Å². The van der Waals surface area contributed by atoms with Gasteiger partial charge in [-0.1, -0.05) is 30.7 Å². The number of nitrogens with one attached hydrogen (secondary N) is 1. The first-order valence-electron chi connectivity index (χ1n) is 12.1. The third kappa shape index (κ3) is 5.22. The average molecular weight is 436 g/mol. The van der Waals surface area contributed by atoms with Gasteiger partial charge in [0.15, 0.2) is 11.6 Å². The van der Waals surface area contributed by atoms with Crippen molar-refractivity contribution < 1.29 is 4.79 Å². The molecule has 3 heterocycles. The standard InChI is InChI=1S/C26H37N5O/c1-18-11-14-30(15-12-18)24-9-10-25(29-28-24)31-13-5-6-22(17-31)26(32)27-21(4)23-8-7-19(2)16-20(23)3/h7-10,16,18,21-22H,5-6,11-15,17H2,1-4H3,(H,27,32). The second-order valence-corrected chi connectivity index (χ2v) is 9.79. The molecule has 0 saturated carbocycles. The van der Waals surface area contributed by atoms with Crippen LogP contribution in [0.4, 0.5) is 11.6 Å². The lowest BCUT2D eigenvalue weighted by Gasteiger charge is -2.34. The van der Waals surface area contributed by atoms with Gasteiger partial charge in [0.05, 0.1) is 12.0 Å². The summed E-state index contributed by atoms with van der Waals surface area (Å²) >= 11 is 0. The summed E-state index contributed by atoms with van der Waals surface area (Å²) < 4.78 is 0.